The summed E-state index contributed by atoms with van der Waals surface area (Å²) in [5.74, 6) is -4.76. The molecular weight excluding hydrogens is 247 g/mol. The van der Waals surface area contributed by atoms with Crippen LogP contribution in [0.5, 0.6) is 0 Å². The number of amides is 1. The van der Waals surface area contributed by atoms with Gasteiger partial charge in [0.15, 0.2) is 0 Å². The summed E-state index contributed by atoms with van der Waals surface area (Å²) in [7, 11) is 0. The Bertz CT molecular complexity index is 426. The number of rotatable bonds is 4. The number of halogens is 3. The summed E-state index contributed by atoms with van der Waals surface area (Å²) in [6.45, 7) is 3.12. The van der Waals surface area contributed by atoms with Gasteiger partial charge >= 0.3 is 0 Å². The van der Waals surface area contributed by atoms with Crippen molar-refractivity contribution >= 4 is 5.91 Å². The zero-order chi connectivity index (χ0) is 13.9. The Morgan fingerprint density at radius 3 is 2.17 bits per heavy atom. The van der Waals surface area contributed by atoms with Crippen LogP contribution < -0.4 is 5.32 Å². The highest BCUT2D eigenvalue weighted by Crippen LogP contribution is 2.15. The molecule has 100 valence electrons. The van der Waals surface area contributed by atoms with Gasteiger partial charge in [-0.1, -0.05) is 13.8 Å². The van der Waals surface area contributed by atoms with Crippen LogP contribution in [0.25, 0.3) is 0 Å². The number of nitrogens with one attached hydrogen (secondary N) is 1. The second-order valence-corrected chi connectivity index (χ2v) is 4.25. The van der Waals surface area contributed by atoms with Crippen LogP contribution in [0.2, 0.25) is 0 Å². The average molecular weight is 261 g/mol. The fourth-order valence-corrected chi connectivity index (χ4v) is 1.42. The Morgan fingerprint density at radius 2 is 1.78 bits per heavy atom. The van der Waals surface area contributed by atoms with Crippen molar-refractivity contribution in [3.63, 3.8) is 0 Å². The largest absolute Gasteiger partial charge is 0.394 e. The van der Waals surface area contributed by atoms with Gasteiger partial charge in [-0.25, -0.2) is 13.2 Å². The van der Waals surface area contributed by atoms with Crippen LogP contribution >= 0.6 is 0 Å². The number of aliphatic hydroxyl groups is 1. The highest BCUT2D eigenvalue weighted by atomic mass is 19.1. The maximum Gasteiger partial charge on any atom is 0.257 e. The first-order valence-electron chi connectivity index (χ1n) is 5.43. The average Bonchev–Trinajstić information content (AvgIpc) is 2.23. The molecule has 0 aliphatic heterocycles. The van der Waals surface area contributed by atoms with Crippen LogP contribution in [0.3, 0.4) is 0 Å². The topological polar surface area (TPSA) is 49.3 Å². The third-order valence-corrected chi connectivity index (χ3v) is 2.55. The van der Waals surface area contributed by atoms with Crippen LogP contribution in [0.15, 0.2) is 12.1 Å². The highest BCUT2D eigenvalue weighted by molar-refractivity contribution is 5.94. The summed E-state index contributed by atoms with van der Waals surface area (Å²) in [6.07, 6.45) is 0. The van der Waals surface area contributed by atoms with E-state index < -0.39 is 35.0 Å². The Hall–Kier alpha value is -1.56. The summed E-state index contributed by atoms with van der Waals surface area (Å²) in [4.78, 5) is 11.6. The van der Waals surface area contributed by atoms with Crippen molar-refractivity contribution in [3.05, 3.63) is 35.1 Å². The van der Waals surface area contributed by atoms with Crippen molar-refractivity contribution in [3.8, 4) is 0 Å². The highest BCUT2D eigenvalue weighted by Gasteiger charge is 2.22. The van der Waals surface area contributed by atoms with E-state index in [9.17, 15) is 18.0 Å². The van der Waals surface area contributed by atoms with E-state index >= 15 is 0 Å². The second kappa shape index (κ2) is 5.86. The predicted octanol–water partition coefficient (Wildman–Crippen LogP) is 1.85. The molecule has 0 saturated carbocycles. The third kappa shape index (κ3) is 3.22. The molecule has 2 N–H and O–H groups in total. The Kier molecular flexibility index (Phi) is 4.72. The lowest BCUT2D eigenvalue weighted by Crippen LogP contribution is -2.41. The summed E-state index contributed by atoms with van der Waals surface area (Å²) >= 11 is 0. The number of hydrogen-bond donors (Lipinski definition) is 2. The summed E-state index contributed by atoms with van der Waals surface area (Å²) in [5, 5.41) is 11.3. The van der Waals surface area contributed by atoms with Gasteiger partial charge in [0.1, 0.15) is 23.0 Å². The van der Waals surface area contributed by atoms with Crippen molar-refractivity contribution in [2.45, 2.75) is 19.9 Å². The van der Waals surface area contributed by atoms with Crippen molar-refractivity contribution in [1.29, 1.82) is 0 Å². The maximum absolute atomic E-state index is 13.3. The van der Waals surface area contributed by atoms with Gasteiger partial charge in [-0.15, -0.1) is 0 Å². The van der Waals surface area contributed by atoms with Gasteiger partial charge in [0, 0.05) is 12.1 Å². The van der Waals surface area contributed by atoms with Gasteiger partial charge in [-0.3, -0.25) is 4.79 Å². The molecule has 0 aliphatic rings. The van der Waals surface area contributed by atoms with Crippen molar-refractivity contribution in [1.82, 2.24) is 5.32 Å². The van der Waals surface area contributed by atoms with Crippen LogP contribution in [0.1, 0.15) is 24.2 Å². The molecule has 0 radical (unpaired) electrons. The normalized spacial score (nSPS) is 12.6. The van der Waals surface area contributed by atoms with Gasteiger partial charge in [0.05, 0.1) is 12.6 Å². The van der Waals surface area contributed by atoms with Crippen LogP contribution in [-0.2, 0) is 0 Å². The minimum atomic E-state index is -1.27. The molecule has 0 spiro atoms. The van der Waals surface area contributed by atoms with Crippen molar-refractivity contribution in [2.75, 3.05) is 6.61 Å². The van der Waals surface area contributed by atoms with Crippen LogP contribution in [0, 0.1) is 23.4 Å². The zero-order valence-electron chi connectivity index (χ0n) is 10.0. The second-order valence-electron chi connectivity index (χ2n) is 4.25. The van der Waals surface area contributed by atoms with Crippen LogP contribution in [0.4, 0.5) is 13.2 Å². The molecule has 0 heterocycles. The molecule has 1 atom stereocenters. The standard InChI is InChI=1S/C12H14F3NO2/c1-6(2)10(5-17)16-12(18)11-8(14)3-7(13)4-9(11)15/h3-4,6,10,17H,5H2,1-2H3,(H,16,18)/t10-/m1/s1. The zero-order valence-corrected chi connectivity index (χ0v) is 10.0. The lowest BCUT2D eigenvalue weighted by molar-refractivity contribution is 0.0888. The van der Waals surface area contributed by atoms with Crippen LogP contribution in [-0.4, -0.2) is 23.7 Å². The molecule has 0 bridgehead atoms. The lowest BCUT2D eigenvalue weighted by Gasteiger charge is -2.20. The van der Waals surface area contributed by atoms with Gasteiger partial charge in [0.2, 0.25) is 0 Å². The molecular formula is C12H14F3NO2. The minimum absolute atomic E-state index is 0.106. The third-order valence-electron chi connectivity index (χ3n) is 2.55. The van der Waals surface area contributed by atoms with E-state index in [4.69, 9.17) is 5.11 Å². The molecule has 6 heteroatoms. The lowest BCUT2D eigenvalue weighted by atomic mass is 10.0. The SMILES string of the molecule is CC(C)[C@@H](CO)NC(=O)c1c(F)cc(F)cc1F. The molecule has 1 amide bonds. The maximum atomic E-state index is 13.3. The van der Waals surface area contributed by atoms with E-state index in [2.05, 4.69) is 5.32 Å². The molecule has 3 nitrogen and oxygen atoms in total. The van der Waals surface area contributed by atoms with Crippen molar-refractivity contribution < 1.29 is 23.1 Å². The molecule has 0 aliphatic carbocycles. The molecule has 0 unspecified atom stereocenters. The van der Waals surface area contributed by atoms with Gasteiger partial charge in [-0.2, -0.15) is 0 Å². The monoisotopic (exact) mass is 261 g/mol. The number of carbonyl (C=O) groups is 1. The summed E-state index contributed by atoms with van der Waals surface area (Å²) in [6, 6.07) is 0.240. The number of aliphatic hydroxyl groups excluding tert-OH is 1. The Morgan fingerprint density at radius 1 is 1.28 bits per heavy atom. The van der Waals surface area contributed by atoms with E-state index in [0.29, 0.717) is 12.1 Å². The summed E-state index contributed by atoms with van der Waals surface area (Å²) in [5.41, 5.74) is -0.851. The molecule has 0 saturated heterocycles. The van der Waals surface area contributed by atoms with Gasteiger partial charge in [0.25, 0.3) is 5.91 Å². The van der Waals surface area contributed by atoms with E-state index in [-0.39, 0.29) is 12.5 Å². The Labute approximate surface area is 103 Å². The number of carbonyl (C=O) groups excluding carboxylic acids is 1. The predicted molar refractivity (Wildman–Crippen MR) is 59.5 cm³/mol. The van der Waals surface area contributed by atoms with E-state index in [1.807, 2.05) is 0 Å². The van der Waals surface area contributed by atoms with Crippen molar-refractivity contribution in [2.24, 2.45) is 5.92 Å². The smallest absolute Gasteiger partial charge is 0.257 e. The molecule has 0 aromatic heterocycles. The fraction of sp³-hybridized carbons (Fsp3) is 0.417. The molecule has 1 aromatic carbocycles. The minimum Gasteiger partial charge on any atom is -0.394 e. The van der Waals surface area contributed by atoms with Gasteiger partial charge in [-0.05, 0) is 5.92 Å². The summed E-state index contributed by atoms with van der Waals surface area (Å²) < 4.78 is 39.3. The van der Waals surface area contributed by atoms with E-state index in [1.54, 1.807) is 13.8 Å². The first kappa shape index (κ1) is 14.5. The molecule has 18 heavy (non-hydrogen) atoms. The number of hydrogen-bond acceptors (Lipinski definition) is 2. The first-order chi connectivity index (χ1) is 8.36. The van der Waals surface area contributed by atoms with Gasteiger partial charge < -0.3 is 10.4 Å². The number of benzene rings is 1. The molecule has 0 fully saturated rings. The Balaban J connectivity index is 2.98. The molecule has 1 rings (SSSR count). The fourth-order valence-electron chi connectivity index (χ4n) is 1.42. The van der Waals surface area contributed by atoms with E-state index in [1.165, 1.54) is 0 Å². The quantitative estimate of drug-likeness (QED) is 0.869. The van der Waals surface area contributed by atoms with E-state index in [0.717, 1.165) is 0 Å². The molecule has 1 aromatic rings. The first-order valence-corrected chi connectivity index (χ1v) is 5.43.